The number of likely N-dealkylation sites (N-methyl/N-ethyl adjacent to an activating group) is 1. The molecule has 1 aromatic carbocycles. The number of nitrogens with zero attached hydrogens (tertiary/aromatic N) is 3. The number of hydrogen-bond donors (Lipinski definition) is 1. The summed E-state index contributed by atoms with van der Waals surface area (Å²) in [6.07, 6.45) is 1.66. The molecule has 0 atom stereocenters. The molecule has 0 aliphatic carbocycles. The van der Waals surface area contributed by atoms with E-state index in [1.807, 2.05) is 31.1 Å². The fourth-order valence-corrected chi connectivity index (χ4v) is 3.63. The van der Waals surface area contributed by atoms with Gasteiger partial charge in [-0.05, 0) is 37.9 Å². The second-order valence-corrected chi connectivity index (χ2v) is 7.57. The molecule has 7 nitrogen and oxygen atoms in total. The molecular weight excluding hydrogens is 340 g/mol. The molecule has 2 heterocycles. The van der Waals surface area contributed by atoms with Gasteiger partial charge in [-0.15, -0.1) is 0 Å². The summed E-state index contributed by atoms with van der Waals surface area (Å²) in [6.45, 7) is 1.68. The average molecular weight is 360 g/mol. The molecule has 3 rings (SSSR count). The molecule has 0 saturated heterocycles. The third kappa shape index (κ3) is 4.15. The SMILES string of the molecule is CN(C)CCOc1cc(CN=C2NS(=O)(=O)c3ccccc32)ccn1. The van der Waals surface area contributed by atoms with Crippen molar-refractivity contribution in [3.8, 4) is 5.88 Å². The van der Waals surface area contributed by atoms with Crippen LogP contribution in [0.4, 0.5) is 0 Å². The van der Waals surface area contributed by atoms with Crippen LogP contribution in [0.2, 0.25) is 0 Å². The molecule has 25 heavy (non-hydrogen) atoms. The molecular formula is C17H20N4O3S. The number of benzene rings is 1. The van der Waals surface area contributed by atoms with Gasteiger partial charge in [-0.3, -0.25) is 9.71 Å². The maximum Gasteiger partial charge on any atom is 0.263 e. The Morgan fingerprint density at radius 2 is 2.04 bits per heavy atom. The van der Waals surface area contributed by atoms with Gasteiger partial charge in [-0.2, -0.15) is 0 Å². The van der Waals surface area contributed by atoms with Crippen molar-refractivity contribution in [2.24, 2.45) is 4.99 Å². The van der Waals surface area contributed by atoms with E-state index in [2.05, 4.69) is 14.7 Å². The van der Waals surface area contributed by atoms with Crippen molar-refractivity contribution in [3.05, 3.63) is 53.7 Å². The quantitative estimate of drug-likeness (QED) is 0.838. The lowest BCUT2D eigenvalue weighted by Crippen LogP contribution is -2.22. The largest absolute Gasteiger partial charge is 0.476 e. The van der Waals surface area contributed by atoms with Crippen molar-refractivity contribution in [1.82, 2.24) is 14.6 Å². The average Bonchev–Trinajstić information content (AvgIpc) is 2.84. The molecule has 1 aliphatic rings. The number of nitrogens with one attached hydrogen (secondary N) is 1. The smallest absolute Gasteiger partial charge is 0.263 e. The van der Waals surface area contributed by atoms with Crippen molar-refractivity contribution in [2.45, 2.75) is 11.4 Å². The first-order chi connectivity index (χ1) is 12.0. The number of hydrogen-bond acceptors (Lipinski definition) is 6. The normalized spacial score (nSPS) is 16.7. The van der Waals surface area contributed by atoms with E-state index in [1.165, 1.54) is 0 Å². The molecule has 0 bridgehead atoms. The summed E-state index contributed by atoms with van der Waals surface area (Å²) in [4.78, 5) is 10.9. The van der Waals surface area contributed by atoms with E-state index in [-0.39, 0.29) is 4.90 Å². The van der Waals surface area contributed by atoms with E-state index in [0.29, 0.717) is 30.4 Å². The van der Waals surface area contributed by atoms with Crippen molar-refractivity contribution in [2.75, 3.05) is 27.2 Å². The highest BCUT2D eigenvalue weighted by Gasteiger charge is 2.29. The van der Waals surface area contributed by atoms with Gasteiger partial charge in [0.25, 0.3) is 10.0 Å². The summed E-state index contributed by atoms with van der Waals surface area (Å²) in [7, 11) is 0.442. The molecule has 132 valence electrons. The number of ether oxygens (including phenoxy) is 1. The van der Waals surface area contributed by atoms with Crippen LogP contribution in [0.5, 0.6) is 5.88 Å². The van der Waals surface area contributed by atoms with Gasteiger partial charge in [0.2, 0.25) is 5.88 Å². The maximum atomic E-state index is 12.1. The van der Waals surface area contributed by atoms with Crippen LogP contribution in [0.15, 0.2) is 52.5 Å². The van der Waals surface area contributed by atoms with Gasteiger partial charge in [-0.25, -0.2) is 13.4 Å². The Bertz CT molecular complexity index is 894. The zero-order chi connectivity index (χ0) is 17.9. The third-order valence-electron chi connectivity index (χ3n) is 3.67. The topological polar surface area (TPSA) is 83.9 Å². The third-order valence-corrected chi connectivity index (χ3v) is 5.07. The predicted octanol–water partition coefficient (Wildman–Crippen LogP) is 1.26. The summed E-state index contributed by atoms with van der Waals surface area (Å²) in [5.41, 5.74) is 1.49. The van der Waals surface area contributed by atoms with Gasteiger partial charge in [0, 0.05) is 24.4 Å². The zero-order valence-corrected chi connectivity index (χ0v) is 15.0. The van der Waals surface area contributed by atoms with Gasteiger partial charge < -0.3 is 9.64 Å². The lowest BCUT2D eigenvalue weighted by Gasteiger charge is -2.10. The number of fused-ring (bicyclic) bond motifs is 1. The summed E-state index contributed by atoms with van der Waals surface area (Å²) < 4.78 is 32.3. The number of amidine groups is 1. The zero-order valence-electron chi connectivity index (χ0n) is 14.1. The standard InChI is InChI=1S/C17H20N4O3S/c1-21(2)9-10-24-16-11-13(7-8-18-16)12-19-17-14-5-3-4-6-15(14)25(22,23)20-17/h3-8,11H,9-10,12H2,1-2H3,(H,19,20). The van der Waals surface area contributed by atoms with Gasteiger partial charge in [0.05, 0.1) is 11.4 Å². The molecule has 0 radical (unpaired) electrons. The van der Waals surface area contributed by atoms with Crippen LogP contribution in [0.1, 0.15) is 11.1 Å². The van der Waals surface area contributed by atoms with E-state index < -0.39 is 10.0 Å². The number of aliphatic imine (C=N–C) groups is 1. The highest BCUT2D eigenvalue weighted by Crippen LogP contribution is 2.22. The van der Waals surface area contributed by atoms with Crippen molar-refractivity contribution >= 4 is 15.9 Å². The van der Waals surface area contributed by atoms with E-state index in [1.54, 1.807) is 30.5 Å². The number of sulfonamides is 1. The Kier molecular flexibility index (Phi) is 5.00. The number of rotatable bonds is 6. The Hall–Kier alpha value is -2.45. The summed E-state index contributed by atoms with van der Waals surface area (Å²) in [5.74, 6) is 0.898. The summed E-state index contributed by atoms with van der Waals surface area (Å²) >= 11 is 0. The van der Waals surface area contributed by atoms with Crippen LogP contribution in [0, 0.1) is 0 Å². The Morgan fingerprint density at radius 3 is 2.84 bits per heavy atom. The first-order valence-electron chi connectivity index (χ1n) is 7.85. The maximum absolute atomic E-state index is 12.1. The Labute approximate surface area is 147 Å². The molecule has 1 N–H and O–H groups in total. The monoisotopic (exact) mass is 360 g/mol. The van der Waals surface area contributed by atoms with Crippen LogP contribution < -0.4 is 9.46 Å². The van der Waals surface area contributed by atoms with E-state index in [0.717, 1.165) is 12.1 Å². The van der Waals surface area contributed by atoms with Crippen LogP contribution in [0.3, 0.4) is 0 Å². The van der Waals surface area contributed by atoms with E-state index in [9.17, 15) is 8.42 Å². The van der Waals surface area contributed by atoms with Crippen LogP contribution >= 0.6 is 0 Å². The van der Waals surface area contributed by atoms with Gasteiger partial charge >= 0.3 is 0 Å². The molecule has 0 spiro atoms. The van der Waals surface area contributed by atoms with Crippen LogP contribution in [-0.2, 0) is 16.6 Å². The highest BCUT2D eigenvalue weighted by atomic mass is 32.2. The van der Waals surface area contributed by atoms with E-state index >= 15 is 0 Å². The van der Waals surface area contributed by atoms with Gasteiger partial charge in [0.1, 0.15) is 12.4 Å². The van der Waals surface area contributed by atoms with Gasteiger partial charge in [0.15, 0.2) is 0 Å². The molecule has 2 aromatic rings. The minimum atomic E-state index is -3.51. The molecule has 1 aromatic heterocycles. The molecule has 0 amide bonds. The lowest BCUT2D eigenvalue weighted by molar-refractivity contribution is 0.253. The molecule has 0 unspecified atom stereocenters. The molecule has 1 aliphatic heterocycles. The van der Waals surface area contributed by atoms with Crippen LogP contribution in [-0.4, -0.2) is 51.4 Å². The van der Waals surface area contributed by atoms with E-state index in [4.69, 9.17) is 4.74 Å². The predicted molar refractivity (Wildman–Crippen MR) is 95.3 cm³/mol. The summed E-state index contributed by atoms with van der Waals surface area (Å²) in [6, 6.07) is 10.5. The fraction of sp³-hybridized carbons (Fsp3) is 0.294. The Morgan fingerprint density at radius 1 is 1.24 bits per heavy atom. The van der Waals surface area contributed by atoms with Gasteiger partial charge in [-0.1, -0.05) is 12.1 Å². The second-order valence-electron chi connectivity index (χ2n) is 5.92. The highest BCUT2D eigenvalue weighted by molar-refractivity contribution is 7.90. The van der Waals surface area contributed by atoms with Crippen molar-refractivity contribution in [3.63, 3.8) is 0 Å². The minimum absolute atomic E-state index is 0.260. The number of pyridine rings is 1. The Balaban J connectivity index is 1.73. The number of aromatic nitrogens is 1. The van der Waals surface area contributed by atoms with Crippen molar-refractivity contribution in [1.29, 1.82) is 0 Å². The second kappa shape index (κ2) is 7.20. The summed E-state index contributed by atoms with van der Waals surface area (Å²) in [5, 5.41) is 0. The minimum Gasteiger partial charge on any atom is -0.476 e. The fourth-order valence-electron chi connectivity index (χ4n) is 2.38. The molecule has 8 heteroatoms. The first kappa shape index (κ1) is 17.4. The lowest BCUT2D eigenvalue weighted by atomic mass is 10.2. The first-order valence-corrected chi connectivity index (χ1v) is 9.33. The molecule has 0 saturated carbocycles. The molecule has 0 fully saturated rings. The van der Waals surface area contributed by atoms with Crippen LogP contribution in [0.25, 0.3) is 0 Å². The van der Waals surface area contributed by atoms with Crippen molar-refractivity contribution < 1.29 is 13.2 Å².